The largest absolute Gasteiger partial charge is 0.390 e. The van der Waals surface area contributed by atoms with Gasteiger partial charge in [0.1, 0.15) is 12.1 Å². The van der Waals surface area contributed by atoms with Crippen molar-refractivity contribution in [2.45, 2.75) is 89.0 Å². The first-order valence-electron chi connectivity index (χ1n) is 16.4. The van der Waals surface area contributed by atoms with Crippen LogP contribution in [0.3, 0.4) is 0 Å². The van der Waals surface area contributed by atoms with Crippen molar-refractivity contribution in [3.8, 4) is 0 Å². The van der Waals surface area contributed by atoms with Gasteiger partial charge in [0.05, 0.1) is 34.6 Å². The van der Waals surface area contributed by atoms with Gasteiger partial charge in [-0.3, -0.25) is 19.4 Å². The van der Waals surface area contributed by atoms with Gasteiger partial charge in [-0.1, -0.05) is 94.3 Å². The standard InChI is InChI=1S/C36H48N4O7S/c1-4-13-29(14-5-2)48(46,47)24-31(40-35(44)28-19-12-20-37-23-28)36(45)39-30(21-26-15-8-6-9-16-26)33(42)32(41)25(3)34(43)38-22-27-17-10-7-11-18-27/h6-12,15-20,23,25,29-33,41-42H,4-5,13-14,21-22,24H2,1-3H3,(H,38,43)(H,39,45)(H,40,44)/t25-,30+,31?,32-,33-/m1/s1. The summed E-state index contributed by atoms with van der Waals surface area (Å²) in [5, 5.41) is 30.0. The number of aromatic nitrogens is 1. The molecule has 2 aromatic carbocycles. The van der Waals surface area contributed by atoms with E-state index in [-0.39, 0.29) is 18.5 Å². The van der Waals surface area contributed by atoms with E-state index in [1.54, 1.807) is 36.4 Å². The number of carbonyl (C=O) groups excluding carboxylic acids is 3. The second kappa shape index (κ2) is 19.0. The third kappa shape index (κ3) is 11.5. The summed E-state index contributed by atoms with van der Waals surface area (Å²) >= 11 is 0. The summed E-state index contributed by atoms with van der Waals surface area (Å²) in [7, 11) is -3.86. The number of hydrogen-bond donors (Lipinski definition) is 5. The summed E-state index contributed by atoms with van der Waals surface area (Å²) in [4.78, 5) is 44.0. The van der Waals surface area contributed by atoms with E-state index in [2.05, 4.69) is 20.9 Å². The number of nitrogens with zero attached hydrogens (tertiary/aromatic N) is 1. The molecule has 260 valence electrons. The average molecular weight is 681 g/mol. The minimum atomic E-state index is -3.86. The number of aliphatic hydroxyl groups is 2. The first-order valence-corrected chi connectivity index (χ1v) is 18.1. The van der Waals surface area contributed by atoms with Crippen molar-refractivity contribution in [3.63, 3.8) is 0 Å². The molecule has 5 atom stereocenters. The predicted octanol–water partition coefficient (Wildman–Crippen LogP) is 2.97. The Kier molecular flexibility index (Phi) is 15.2. The Hall–Kier alpha value is -4.13. The van der Waals surface area contributed by atoms with E-state index in [0.29, 0.717) is 31.2 Å². The van der Waals surface area contributed by atoms with Crippen molar-refractivity contribution in [3.05, 3.63) is 102 Å². The molecule has 0 bridgehead atoms. The Morgan fingerprint density at radius 3 is 1.96 bits per heavy atom. The fraction of sp³-hybridized carbons (Fsp3) is 0.444. The lowest BCUT2D eigenvalue weighted by Crippen LogP contribution is -2.58. The van der Waals surface area contributed by atoms with Crippen LogP contribution in [0.1, 0.15) is 67.9 Å². The molecule has 0 saturated heterocycles. The molecule has 0 aliphatic carbocycles. The summed E-state index contributed by atoms with van der Waals surface area (Å²) in [5.74, 6) is -3.77. The highest BCUT2D eigenvalue weighted by atomic mass is 32.2. The minimum absolute atomic E-state index is 0.0491. The van der Waals surface area contributed by atoms with Crippen LogP contribution in [-0.4, -0.2) is 76.6 Å². The van der Waals surface area contributed by atoms with Crippen LogP contribution in [0.5, 0.6) is 0 Å². The molecule has 3 aromatic rings. The van der Waals surface area contributed by atoms with Gasteiger partial charge in [0, 0.05) is 18.9 Å². The molecule has 0 spiro atoms. The van der Waals surface area contributed by atoms with E-state index >= 15 is 0 Å². The highest BCUT2D eigenvalue weighted by Crippen LogP contribution is 2.19. The SMILES string of the molecule is CCCC(CCC)S(=O)(=O)CC(NC(=O)c1cccnc1)C(=O)N[C@@H](Cc1ccccc1)[C@@H](O)[C@H](O)[C@@H](C)C(=O)NCc1ccccc1. The van der Waals surface area contributed by atoms with Crippen LogP contribution in [0.15, 0.2) is 85.2 Å². The van der Waals surface area contributed by atoms with Gasteiger partial charge in [0.15, 0.2) is 9.84 Å². The van der Waals surface area contributed by atoms with E-state index in [1.807, 2.05) is 44.2 Å². The van der Waals surface area contributed by atoms with Gasteiger partial charge in [0.2, 0.25) is 11.8 Å². The number of carbonyl (C=O) groups is 3. The number of hydrogen-bond acceptors (Lipinski definition) is 8. The van der Waals surface area contributed by atoms with Crippen LogP contribution in [0, 0.1) is 5.92 Å². The van der Waals surface area contributed by atoms with Gasteiger partial charge < -0.3 is 26.2 Å². The Balaban J connectivity index is 1.87. The van der Waals surface area contributed by atoms with Crippen molar-refractivity contribution >= 4 is 27.6 Å². The normalized spacial score (nSPS) is 14.7. The monoisotopic (exact) mass is 680 g/mol. The quantitative estimate of drug-likeness (QED) is 0.128. The van der Waals surface area contributed by atoms with Crippen LogP contribution in [0.25, 0.3) is 0 Å². The molecular weight excluding hydrogens is 632 g/mol. The molecule has 0 aliphatic heterocycles. The number of amides is 3. The summed E-state index contributed by atoms with van der Waals surface area (Å²) in [5.41, 5.74) is 1.71. The van der Waals surface area contributed by atoms with E-state index in [0.717, 1.165) is 5.56 Å². The number of aliphatic hydroxyl groups excluding tert-OH is 2. The zero-order chi connectivity index (χ0) is 35.1. The maximum absolute atomic E-state index is 13.9. The van der Waals surface area contributed by atoms with Gasteiger partial charge in [-0.15, -0.1) is 0 Å². The van der Waals surface area contributed by atoms with Gasteiger partial charge in [-0.2, -0.15) is 0 Å². The second-order valence-corrected chi connectivity index (χ2v) is 14.4. The van der Waals surface area contributed by atoms with E-state index in [1.165, 1.54) is 25.4 Å². The Labute approximate surface area is 283 Å². The van der Waals surface area contributed by atoms with Gasteiger partial charge >= 0.3 is 0 Å². The predicted molar refractivity (Wildman–Crippen MR) is 184 cm³/mol. The lowest BCUT2D eigenvalue weighted by atomic mass is 9.90. The average Bonchev–Trinajstić information content (AvgIpc) is 3.10. The maximum atomic E-state index is 13.9. The number of sulfone groups is 1. The van der Waals surface area contributed by atoms with Crippen LogP contribution in [0.4, 0.5) is 0 Å². The summed E-state index contributed by atoms with van der Waals surface area (Å²) < 4.78 is 27.2. The molecule has 5 N–H and O–H groups in total. The van der Waals surface area contributed by atoms with Crippen molar-refractivity contribution in [1.29, 1.82) is 0 Å². The van der Waals surface area contributed by atoms with Crippen LogP contribution >= 0.6 is 0 Å². The zero-order valence-electron chi connectivity index (χ0n) is 27.8. The Morgan fingerprint density at radius 2 is 1.40 bits per heavy atom. The van der Waals surface area contributed by atoms with Gasteiger partial charge in [-0.05, 0) is 42.5 Å². The summed E-state index contributed by atoms with van der Waals surface area (Å²) in [6.45, 7) is 5.47. The second-order valence-electron chi connectivity index (χ2n) is 12.1. The molecule has 0 radical (unpaired) electrons. The minimum Gasteiger partial charge on any atom is -0.390 e. The van der Waals surface area contributed by atoms with E-state index < -0.39 is 68.8 Å². The van der Waals surface area contributed by atoms with E-state index in [4.69, 9.17) is 0 Å². The molecule has 0 saturated carbocycles. The highest BCUT2D eigenvalue weighted by Gasteiger charge is 2.37. The molecule has 1 heterocycles. The fourth-order valence-corrected chi connectivity index (χ4v) is 7.64. The van der Waals surface area contributed by atoms with Crippen molar-refractivity contribution in [2.75, 3.05) is 5.75 Å². The fourth-order valence-electron chi connectivity index (χ4n) is 5.48. The Bertz CT molecular complexity index is 1540. The molecule has 1 unspecified atom stereocenters. The molecule has 11 nitrogen and oxygen atoms in total. The molecular formula is C36H48N4O7S. The summed E-state index contributed by atoms with van der Waals surface area (Å²) in [6.07, 6.45) is 1.68. The summed E-state index contributed by atoms with van der Waals surface area (Å²) in [6, 6.07) is 18.5. The van der Waals surface area contributed by atoms with Crippen LogP contribution in [0.2, 0.25) is 0 Å². The first-order chi connectivity index (χ1) is 23.0. The van der Waals surface area contributed by atoms with Crippen LogP contribution in [-0.2, 0) is 32.4 Å². The molecule has 48 heavy (non-hydrogen) atoms. The number of pyridine rings is 1. The molecule has 1 aromatic heterocycles. The lowest BCUT2D eigenvalue weighted by molar-refractivity contribution is -0.133. The first kappa shape index (κ1) is 38.3. The van der Waals surface area contributed by atoms with Crippen LogP contribution < -0.4 is 16.0 Å². The number of nitrogens with one attached hydrogen (secondary N) is 3. The van der Waals surface area contributed by atoms with Gasteiger partial charge in [0.25, 0.3) is 5.91 Å². The van der Waals surface area contributed by atoms with Gasteiger partial charge in [-0.25, -0.2) is 8.42 Å². The third-order valence-electron chi connectivity index (χ3n) is 8.30. The zero-order valence-corrected chi connectivity index (χ0v) is 28.6. The highest BCUT2D eigenvalue weighted by molar-refractivity contribution is 7.92. The molecule has 3 amide bonds. The molecule has 12 heteroatoms. The number of benzene rings is 2. The molecule has 3 rings (SSSR count). The van der Waals surface area contributed by atoms with Crippen molar-refractivity contribution in [1.82, 2.24) is 20.9 Å². The third-order valence-corrected chi connectivity index (χ3v) is 10.6. The van der Waals surface area contributed by atoms with Crippen molar-refractivity contribution in [2.24, 2.45) is 5.92 Å². The van der Waals surface area contributed by atoms with Crippen molar-refractivity contribution < 1.29 is 33.0 Å². The smallest absolute Gasteiger partial charge is 0.253 e. The Morgan fingerprint density at radius 1 is 0.792 bits per heavy atom. The van der Waals surface area contributed by atoms with E-state index in [9.17, 15) is 33.0 Å². The molecule has 0 aliphatic rings. The topological polar surface area (TPSA) is 175 Å². The maximum Gasteiger partial charge on any atom is 0.253 e. The lowest BCUT2D eigenvalue weighted by Gasteiger charge is -2.32. The number of rotatable bonds is 19. The molecule has 0 fully saturated rings.